The number of benzene rings is 2. The normalized spacial score (nSPS) is 14.0. The summed E-state index contributed by atoms with van der Waals surface area (Å²) >= 11 is 0. The number of fused-ring (bicyclic) bond motifs is 1. The fraction of sp³-hybridized carbons (Fsp3) is 0.316. The minimum Gasteiger partial charge on any atom is -0.334 e. The molecule has 0 spiro atoms. The van der Waals surface area contributed by atoms with E-state index < -0.39 is 10.0 Å². The van der Waals surface area contributed by atoms with E-state index in [0.717, 1.165) is 12.0 Å². The number of carbonyl (C=O) groups is 1. The van der Waals surface area contributed by atoms with Gasteiger partial charge in [-0.15, -0.1) is 0 Å². The van der Waals surface area contributed by atoms with E-state index in [-0.39, 0.29) is 11.8 Å². The van der Waals surface area contributed by atoms with Crippen LogP contribution in [0.3, 0.4) is 0 Å². The zero-order valence-corrected chi connectivity index (χ0v) is 15.6. The minimum absolute atomic E-state index is 0.0523. The summed E-state index contributed by atoms with van der Waals surface area (Å²) in [7, 11) is -1.88. The van der Waals surface area contributed by atoms with Crippen LogP contribution >= 0.6 is 0 Å². The Labute approximate surface area is 154 Å². The van der Waals surface area contributed by atoms with Crippen molar-refractivity contribution in [3.8, 4) is 0 Å². The molecule has 1 aliphatic rings. The fourth-order valence-corrected chi connectivity index (χ4v) is 3.78. The molecule has 0 unspecified atom stereocenters. The van der Waals surface area contributed by atoms with E-state index in [2.05, 4.69) is 22.2 Å². The quantitative estimate of drug-likeness (QED) is 0.841. The molecule has 0 saturated carbocycles. The van der Waals surface area contributed by atoms with Gasteiger partial charge in [0.05, 0.1) is 5.75 Å². The molecular weight excluding hydrogens is 350 g/mol. The van der Waals surface area contributed by atoms with Gasteiger partial charge in [-0.05, 0) is 35.7 Å². The molecule has 0 aromatic heterocycles. The Morgan fingerprint density at radius 2 is 1.69 bits per heavy atom. The second kappa shape index (κ2) is 7.88. The van der Waals surface area contributed by atoms with Gasteiger partial charge in [0.25, 0.3) is 0 Å². The number of carbonyl (C=O) groups excluding carboxylic acids is 1. The first kappa shape index (κ1) is 18.4. The SMILES string of the molecule is CNS(=O)(=O)Cc1ccc(CNC(=O)N2CCc3ccccc3C2)cc1. The second-order valence-electron chi connectivity index (χ2n) is 6.38. The largest absolute Gasteiger partial charge is 0.334 e. The monoisotopic (exact) mass is 373 g/mol. The van der Waals surface area contributed by atoms with E-state index in [1.807, 2.05) is 29.2 Å². The van der Waals surface area contributed by atoms with Gasteiger partial charge in [0.15, 0.2) is 0 Å². The van der Waals surface area contributed by atoms with Crippen molar-refractivity contribution in [3.05, 3.63) is 70.8 Å². The van der Waals surface area contributed by atoms with Crippen molar-refractivity contribution in [2.75, 3.05) is 13.6 Å². The Bertz CT molecular complexity index is 879. The molecule has 0 saturated heterocycles. The van der Waals surface area contributed by atoms with Gasteiger partial charge in [-0.3, -0.25) is 0 Å². The molecule has 0 bridgehead atoms. The Morgan fingerprint density at radius 1 is 1.04 bits per heavy atom. The van der Waals surface area contributed by atoms with Crippen molar-refractivity contribution in [2.45, 2.75) is 25.3 Å². The van der Waals surface area contributed by atoms with Gasteiger partial charge in [0, 0.05) is 19.6 Å². The molecule has 0 aliphatic carbocycles. The third kappa shape index (κ3) is 4.62. The molecule has 26 heavy (non-hydrogen) atoms. The van der Waals surface area contributed by atoms with Crippen LogP contribution in [0.25, 0.3) is 0 Å². The van der Waals surface area contributed by atoms with Crippen LogP contribution in [-0.2, 0) is 35.3 Å². The van der Waals surface area contributed by atoms with Gasteiger partial charge in [0.1, 0.15) is 0 Å². The summed E-state index contributed by atoms with van der Waals surface area (Å²) in [6.45, 7) is 1.75. The van der Waals surface area contributed by atoms with Gasteiger partial charge < -0.3 is 10.2 Å². The smallest absolute Gasteiger partial charge is 0.317 e. The van der Waals surface area contributed by atoms with E-state index in [1.54, 1.807) is 12.1 Å². The van der Waals surface area contributed by atoms with Crippen molar-refractivity contribution >= 4 is 16.1 Å². The zero-order valence-electron chi connectivity index (χ0n) is 14.7. The summed E-state index contributed by atoms with van der Waals surface area (Å²) in [6, 6.07) is 15.3. The molecule has 1 aliphatic heterocycles. The van der Waals surface area contributed by atoms with E-state index in [0.29, 0.717) is 25.2 Å². The van der Waals surface area contributed by atoms with E-state index in [1.165, 1.54) is 18.2 Å². The van der Waals surface area contributed by atoms with Crippen LogP contribution < -0.4 is 10.0 Å². The summed E-state index contributed by atoms with van der Waals surface area (Å²) in [5, 5.41) is 2.93. The molecule has 2 aromatic rings. The van der Waals surface area contributed by atoms with Crippen molar-refractivity contribution in [2.24, 2.45) is 0 Å². The highest BCUT2D eigenvalue weighted by molar-refractivity contribution is 7.88. The first-order valence-electron chi connectivity index (χ1n) is 8.55. The Balaban J connectivity index is 1.53. The molecule has 3 rings (SSSR count). The van der Waals surface area contributed by atoms with E-state index in [4.69, 9.17) is 0 Å². The molecule has 2 aromatic carbocycles. The van der Waals surface area contributed by atoms with Crippen molar-refractivity contribution in [1.82, 2.24) is 14.9 Å². The summed E-state index contributed by atoms with van der Waals surface area (Å²) in [5.74, 6) is -0.0523. The van der Waals surface area contributed by atoms with E-state index in [9.17, 15) is 13.2 Å². The molecule has 138 valence electrons. The molecule has 2 amide bonds. The van der Waals surface area contributed by atoms with Crippen LogP contribution in [0.5, 0.6) is 0 Å². The molecule has 1 heterocycles. The number of sulfonamides is 1. The highest BCUT2D eigenvalue weighted by atomic mass is 32.2. The maximum absolute atomic E-state index is 12.4. The number of hydrogen-bond donors (Lipinski definition) is 2. The lowest BCUT2D eigenvalue weighted by Gasteiger charge is -2.29. The maximum atomic E-state index is 12.4. The predicted molar refractivity (Wildman–Crippen MR) is 101 cm³/mol. The third-order valence-electron chi connectivity index (χ3n) is 4.55. The lowest BCUT2D eigenvalue weighted by atomic mass is 10.0. The van der Waals surface area contributed by atoms with Gasteiger partial charge >= 0.3 is 6.03 Å². The lowest BCUT2D eigenvalue weighted by Crippen LogP contribution is -2.42. The number of nitrogens with one attached hydrogen (secondary N) is 2. The van der Waals surface area contributed by atoms with Gasteiger partial charge in [-0.1, -0.05) is 48.5 Å². The van der Waals surface area contributed by atoms with Crippen LogP contribution in [0.15, 0.2) is 48.5 Å². The summed E-state index contributed by atoms with van der Waals surface area (Å²) < 4.78 is 25.4. The van der Waals surface area contributed by atoms with Crippen LogP contribution in [0.4, 0.5) is 4.79 Å². The third-order valence-corrected chi connectivity index (χ3v) is 5.89. The molecule has 6 nitrogen and oxygen atoms in total. The molecule has 2 N–H and O–H groups in total. The van der Waals surface area contributed by atoms with Crippen LogP contribution in [0.2, 0.25) is 0 Å². The molecule has 7 heteroatoms. The molecular formula is C19H23N3O3S. The molecule has 0 fully saturated rings. The van der Waals surface area contributed by atoms with E-state index >= 15 is 0 Å². The van der Waals surface area contributed by atoms with Gasteiger partial charge in [-0.2, -0.15) is 0 Å². The number of urea groups is 1. The Morgan fingerprint density at radius 3 is 2.38 bits per heavy atom. The first-order valence-corrected chi connectivity index (χ1v) is 10.2. The fourth-order valence-electron chi connectivity index (χ4n) is 3.00. The van der Waals surface area contributed by atoms with Crippen molar-refractivity contribution in [1.29, 1.82) is 0 Å². The summed E-state index contributed by atoms with van der Waals surface area (Å²) in [6.07, 6.45) is 0.873. The summed E-state index contributed by atoms with van der Waals surface area (Å²) in [4.78, 5) is 14.2. The predicted octanol–water partition coefficient (Wildman–Crippen LogP) is 2.00. The minimum atomic E-state index is -3.28. The highest BCUT2D eigenvalue weighted by Gasteiger charge is 2.19. The standard InChI is InChI=1S/C19H23N3O3S/c1-20-26(24,25)14-16-8-6-15(7-9-16)12-21-19(23)22-11-10-17-4-2-3-5-18(17)13-22/h2-9,20H,10-14H2,1H3,(H,21,23). The maximum Gasteiger partial charge on any atom is 0.317 e. The van der Waals surface area contributed by atoms with Gasteiger partial charge in [0.2, 0.25) is 10.0 Å². The molecule has 0 radical (unpaired) electrons. The second-order valence-corrected chi connectivity index (χ2v) is 8.31. The average Bonchev–Trinajstić information content (AvgIpc) is 2.66. The number of nitrogens with zero attached hydrogens (tertiary/aromatic N) is 1. The zero-order chi connectivity index (χ0) is 18.6. The van der Waals surface area contributed by atoms with Crippen LogP contribution in [0, 0.1) is 0 Å². The highest BCUT2D eigenvalue weighted by Crippen LogP contribution is 2.18. The van der Waals surface area contributed by atoms with Crippen LogP contribution in [-0.4, -0.2) is 32.9 Å². The topological polar surface area (TPSA) is 78.5 Å². The number of amides is 2. The molecule has 0 atom stereocenters. The van der Waals surface area contributed by atoms with Crippen LogP contribution in [0.1, 0.15) is 22.3 Å². The van der Waals surface area contributed by atoms with Crippen molar-refractivity contribution in [3.63, 3.8) is 0 Å². The summed E-state index contributed by atoms with van der Waals surface area (Å²) in [5.41, 5.74) is 4.15. The first-order chi connectivity index (χ1) is 12.5. The number of hydrogen-bond acceptors (Lipinski definition) is 3. The lowest BCUT2D eigenvalue weighted by molar-refractivity contribution is 0.192. The Kier molecular flexibility index (Phi) is 5.58. The van der Waals surface area contributed by atoms with Gasteiger partial charge in [-0.25, -0.2) is 17.9 Å². The number of rotatable bonds is 5. The van der Waals surface area contributed by atoms with Crippen molar-refractivity contribution < 1.29 is 13.2 Å². The average molecular weight is 373 g/mol. The Hall–Kier alpha value is -2.38.